The number of rotatable bonds is 6. The quantitative estimate of drug-likeness (QED) is 0.585. The highest BCUT2D eigenvalue weighted by Gasteiger charge is 2.15. The van der Waals surface area contributed by atoms with Gasteiger partial charge in [-0.05, 0) is 30.3 Å². The van der Waals surface area contributed by atoms with Crippen LogP contribution in [0, 0.1) is 5.82 Å². The van der Waals surface area contributed by atoms with E-state index in [-0.39, 0.29) is 11.3 Å². The summed E-state index contributed by atoms with van der Waals surface area (Å²) in [6.45, 7) is 0.766. The molecule has 0 saturated heterocycles. The van der Waals surface area contributed by atoms with E-state index in [4.69, 9.17) is 9.47 Å². The van der Waals surface area contributed by atoms with E-state index in [1.54, 1.807) is 37.4 Å². The van der Waals surface area contributed by atoms with Gasteiger partial charge in [0, 0.05) is 17.1 Å². The number of hydrogen-bond acceptors (Lipinski definition) is 3. The Kier molecular flexibility index (Phi) is 5.47. The molecule has 0 aliphatic carbocycles. The molecule has 110 valence electrons. The third kappa shape index (κ3) is 4.12. The molecular weight excluding hydrogens is 339 g/mol. The second kappa shape index (κ2) is 7.33. The molecule has 5 heteroatoms. The van der Waals surface area contributed by atoms with E-state index < -0.39 is 5.82 Å². The maximum absolute atomic E-state index is 13.4. The minimum Gasteiger partial charge on any atom is -0.490 e. The molecule has 0 aliphatic rings. The lowest BCUT2D eigenvalue weighted by Crippen LogP contribution is -2.09. The molecule has 2 aromatic rings. The van der Waals surface area contributed by atoms with E-state index in [0.717, 1.165) is 0 Å². The predicted octanol–water partition coefficient (Wildman–Crippen LogP) is 3.84. The number of methoxy groups -OCH3 is 1. The van der Waals surface area contributed by atoms with E-state index in [1.165, 1.54) is 12.1 Å². The summed E-state index contributed by atoms with van der Waals surface area (Å²) >= 11 is 3.18. The lowest BCUT2D eigenvalue weighted by atomic mass is 10.0. The number of carbonyl (C=O) groups excluding carboxylic acids is 1. The minimum atomic E-state index is -0.467. The normalized spacial score (nSPS) is 10.4. The highest BCUT2D eigenvalue weighted by atomic mass is 79.9. The fourth-order valence-corrected chi connectivity index (χ4v) is 2.32. The van der Waals surface area contributed by atoms with Gasteiger partial charge in [0.2, 0.25) is 0 Å². The summed E-state index contributed by atoms with van der Waals surface area (Å²) in [5.41, 5.74) is 0.663. The van der Waals surface area contributed by atoms with Crippen molar-refractivity contribution in [2.75, 3.05) is 20.3 Å². The second-order valence-corrected chi connectivity index (χ2v) is 5.24. The zero-order valence-electron chi connectivity index (χ0n) is 11.4. The fourth-order valence-electron chi connectivity index (χ4n) is 1.86. The van der Waals surface area contributed by atoms with Crippen molar-refractivity contribution < 1.29 is 18.7 Å². The molecule has 0 fully saturated rings. The first kappa shape index (κ1) is 15.7. The van der Waals surface area contributed by atoms with Gasteiger partial charge in [-0.25, -0.2) is 4.39 Å². The van der Waals surface area contributed by atoms with Crippen molar-refractivity contribution in [1.82, 2.24) is 0 Å². The maximum Gasteiger partial charge on any atom is 0.196 e. The summed E-state index contributed by atoms with van der Waals surface area (Å²) in [6, 6.07) is 11.0. The van der Waals surface area contributed by atoms with Gasteiger partial charge >= 0.3 is 0 Å². The van der Waals surface area contributed by atoms with Crippen LogP contribution in [0.15, 0.2) is 46.9 Å². The smallest absolute Gasteiger partial charge is 0.196 e. The summed E-state index contributed by atoms with van der Waals surface area (Å²) in [5.74, 6) is -0.298. The van der Waals surface area contributed by atoms with Gasteiger partial charge in [-0.2, -0.15) is 0 Å². The van der Waals surface area contributed by atoms with Crippen LogP contribution in [0.2, 0.25) is 0 Å². The van der Waals surface area contributed by atoms with Gasteiger partial charge in [0.1, 0.15) is 18.2 Å². The first-order valence-electron chi connectivity index (χ1n) is 6.33. The van der Waals surface area contributed by atoms with Crippen LogP contribution in [0.4, 0.5) is 4.39 Å². The molecular formula is C16H14BrFO3. The van der Waals surface area contributed by atoms with Crippen molar-refractivity contribution in [3.05, 3.63) is 63.9 Å². The number of ketones is 1. The van der Waals surface area contributed by atoms with Crippen LogP contribution >= 0.6 is 15.9 Å². The molecule has 2 aromatic carbocycles. The minimum absolute atomic E-state index is 0.268. The number of halogens is 2. The van der Waals surface area contributed by atoms with Gasteiger partial charge in [-0.1, -0.05) is 28.1 Å². The summed E-state index contributed by atoms with van der Waals surface area (Å²) in [4.78, 5) is 12.5. The van der Waals surface area contributed by atoms with E-state index in [9.17, 15) is 9.18 Å². The predicted molar refractivity (Wildman–Crippen MR) is 81.3 cm³/mol. The average Bonchev–Trinajstić information content (AvgIpc) is 2.46. The van der Waals surface area contributed by atoms with Gasteiger partial charge in [-0.3, -0.25) is 4.79 Å². The third-order valence-electron chi connectivity index (χ3n) is 2.80. The van der Waals surface area contributed by atoms with Gasteiger partial charge in [0.15, 0.2) is 5.78 Å². The summed E-state index contributed by atoms with van der Waals surface area (Å²) in [5, 5.41) is 0. The molecule has 0 aliphatic heterocycles. The Hall–Kier alpha value is -1.72. The van der Waals surface area contributed by atoms with Crippen LogP contribution in [-0.2, 0) is 4.74 Å². The SMILES string of the molecule is COCCOc1ccccc1C(=O)c1cc(F)cc(Br)c1. The van der Waals surface area contributed by atoms with E-state index >= 15 is 0 Å². The zero-order chi connectivity index (χ0) is 15.2. The Labute approximate surface area is 130 Å². The van der Waals surface area contributed by atoms with Crippen LogP contribution in [-0.4, -0.2) is 26.1 Å². The molecule has 0 N–H and O–H groups in total. The molecule has 0 radical (unpaired) electrons. The average molecular weight is 353 g/mol. The Morgan fingerprint density at radius 3 is 2.67 bits per heavy atom. The molecule has 2 rings (SSSR count). The highest BCUT2D eigenvalue weighted by molar-refractivity contribution is 9.10. The Bertz CT molecular complexity index is 623. The van der Waals surface area contributed by atoms with Gasteiger partial charge in [0.25, 0.3) is 0 Å². The number of benzene rings is 2. The molecule has 3 nitrogen and oxygen atoms in total. The molecule has 0 spiro atoms. The third-order valence-corrected chi connectivity index (χ3v) is 3.26. The van der Waals surface area contributed by atoms with Crippen LogP contribution in [0.25, 0.3) is 0 Å². The van der Waals surface area contributed by atoms with Crippen molar-refractivity contribution in [3.8, 4) is 5.75 Å². The first-order valence-corrected chi connectivity index (χ1v) is 7.12. The zero-order valence-corrected chi connectivity index (χ0v) is 13.0. The van der Waals surface area contributed by atoms with Crippen molar-refractivity contribution in [3.63, 3.8) is 0 Å². The topological polar surface area (TPSA) is 35.5 Å². The van der Waals surface area contributed by atoms with Crippen LogP contribution < -0.4 is 4.74 Å². The van der Waals surface area contributed by atoms with Crippen LogP contribution in [0.3, 0.4) is 0 Å². The highest BCUT2D eigenvalue weighted by Crippen LogP contribution is 2.24. The Morgan fingerprint density at radius 1 is 1.19 bits per heavy atom. The van der Waals surface area contributed by atoms with Crippen LogP contribution in [0.1, 0.15) is 15.9 Å². The monoisotopic (exact) mass is 352 g/mol. The number of para-hydroxylation sites is 1. The molecule has 0 atom stereocenters. The van der Waals surface area contributed by atoms with E-state index in [1.807, 2.05) is 0 Å². The van der Waals surface area contributed by atoms with Gasteiger partial charge in [-0.15, -0.1) is 0 Å². The van der Waals surface area contributed by atoms with Crippen molar-refractivity contribution in [2.24, 2.45) is 0 Å². The summed E-state index contributed by atoms with van der Waals surface area (Å²) in [6.07, 6.45) is 0. The van der Waals surface area contributed by atoms with Crippen molar-refractivity contribution >= 4 is 21.7 Å². The molecule has 0 amide bonds. The first-order chi connectivity index (χ1) is 10.1. The molecule has 21 heavy (non-hydrogen) atoms. The molecule has 0 bridgehead atoms. The van der Waals surface area contributed by atoms with Crippen molar-refractivity contribution in [1.29, 1.82) is 0 Å². The molecule has 0 aromatic heterocycles. The van der Waals surface area contributed by atoms with Gasteiger partial charge in [0.05, 0.1) is 12.2 Å². The number of hydrogen-bond donors (Lipinski definition) is 0. The molecule has 0 saturated carbocycles. The van der Waals surface area contributed by atoms with Crippen LogP contribution in [0.5, 0.6) is 5.75 Å². The molecule has 0 heterocycles. The van der Waals surface area contributed by atoms with Crippen molar-refractivity contribution in [2.45, 2.75) is 0 Å². The Morgan fingerprint density at radius 2 is 1.95 bits per heavy atom. The lowest BCUT2D eigenvalue weighted by molar-refractivity contribution is 0.103. The Balaban J connectivity index is 2.30. The van der Waals surface area contributed by atoms with E-state index in [0.29, 0.717) is 29.0 Å². The standard InChI is InChI=1S/C16H14BrFO3/c1-20-6-7-21-15-5-3-2-4-14(15)16(19)11-8-12(17)10-13(18)9-11/h2-5,8-10H,6-7H2,1H3. The maximum atomic E-state index is 13.4. The second-order valence-electron chi connectivity index (χ2n) is 4.32. The van der Waals surface area contributed by atoms with E-state index in [2.05, 4.69) is 15.9 Å². The largest absolute Gasteiger partial charge is 0.490 e. The number of carbonyl (C=O) groups is 1. The number of ether oxygens (including phenoxy) is 2. The summed E-state index contributed by atoms with van der Waals surface area (Å²) in [7, 11) is 1.57. The fraction of sp³-hybridized carbons (Fsp3) is 0.188. The summed E-state index contributed by atoms with van der Waals surface area (Å²) < 4.78 is 24.4. The van der Waals surface area contributed by atoms with Gasteiger partial charge < -0.3 is 9.47 Å². The lowest BCUT2D eigenvalue weighted by Gasteiger charge is -2.10. The molecule has 0 unspecified atom stereocenters.